The highest BCUT2D eigenvalue weighted by molar-refractivity contribution is 5.94. The maximum absolute atomic E-state index is 13.7. The van der Waals surface area contributed by atoms with Gasteiger partial charge in [-0.2, -0.15) is 0 Å². The molecule has 28 heavy (non-hydrogen) atoms. The molecule has 150 valence electrons. The molecule has 1 aliphatic rings. The van der Waals surface area contributed by atoms with E-state index in [9.17, 15) is 13.6 Å². The summed E-state index contributed by atoms with van der Waals surface area (Å²) in [4.78, 5) is 14.5. The topological polar surface area (TPSA) is 32.3 Å². The van der Waals surface area contributed by atoms with Crippen molar-refractivity contribution in [2.75, 3.05) is 20.6 Å². The largest absolute Gasteiger partial charge is 0.352 e. The van der Waals surface area contributed by atoms with E-state index in [0.717, 1.165) is 37.8 Å². The SMILES string of the molecule is CN(C)C(c1ccccc1)C1CCC(CNC(=O)c2ccc(F)cc2F)CC1. The van der Waals surface area contributed by atoms with Crippen LogP contribution in [-0.4, -0.2) is 31.4 Å². The van der Waals surface area contributed by atoms with Gasteiger partial charge in [-0.1, -0.05) is 30.3 Å². The summed E-state index contributed by atoms with van der Waals surface area (Å²) in [7, 11) is 4.25. The molecule has 0 radical (unpaired) electrons. The summed E-state index contributed by atoms with van der Waals surface area (Å²) in [5.74, 6) is -1.00. The van der Waals surface area contributed by atoms with Crippen LogP contribution in [0.2, 0.25) is 0 Å². The summed E-state index contributed by atoms with van der Waals surface area (Å²) in [5, 5.41) is 2.82. The molecule has 1 N–H and O–H groups in total. The molecular formula is C23H28F2N2O. The molecular weight excluding hydrogens is 358 g/mol. The first kappa shape index (κ1) is 20.5. The highest BCUT2D eigenvalue weighted by Crippen LogP contribution is 2.39. The Morgan fingerprint density at radius 3 is 2.36 bits per heavy atom. The number of carbonyl (C=O) groups excluding carboxylic acids is 1. The summed E-state index contributed by atoms with van der Waals surface area (Å²) in [6.45, 7) is 0.528. The van der Waals surface area contributed by atoms with Crippen molar-refractivity contribution in [3.63, 3.8) is 0 Å². The zero-order valence-corrected chi connectivity index (χ0v) is 16.5. The summed E-state index contributed by atoms with van der Waals surface area (Å²) in [5.41, 5.74) is 1.24. The Kier molecular flexibility index (Phi) is 6.79. The van der Waals surface area contributed by atoms with Crippen LogP contribution in [0, 0.1) is 23.5 Å². The molecule has 1 aliphatic carbocycles. The van der Waals surface area contributed by atoms with Crippen molar-refractivity contribution in [3.05, 3.63) is 71.3 Å². The fourth-order valence-electron chi connectivity index (χ4n) is 4.36. The molecule has 0 aliphatic heterocycles. The lowest BCUT2D eigenvalue weighted by molar-refractivity contribution is 0.0930. The first-order chi connectivity index (χ1) is 13.5. The number of nitrogens with one attached hydrogen (secondary N) is 1. The van der Waals surface area contributed by atoms with Crippen molar-refractivity contribution in [2.24, 2.45) is 11.8 Å². The summed E-state index contributed by atoms with van der Waals surface area (Å²) >= 11 is 0. The molecule has 0 aromatic heterocycles. The summed E-state index contributed by atoms with van der Waals surface area (Å²) < 4.78 is 26.7. The van der Waals surface area contributed by atoms with Gasteiger partial charge in [0, 0.05) is 18.7 Å². The maximum Gasteiger partial charge on any atom is 0.254 e. The molecule has 1 saturated carbocycles. The molecule has 2 aromatic rings. The lowest BCUT2D eigenvalue weighted by Gasteiger charge is -2.37. The van der Waals surface area contributed by atoms with Crippen molar-refractivity contribution in [2.45, 2.75) is 31.7 Å². The second-order valence-corrected chi connectivity index (χ2v) is 7.93. The van der Waals surface area contributed by atoms with Crippen molar-refractivity contribution < 1.29 is 13.6 Å². The minimum Gasteiger partial charge on any atom is -0.352 e. The number of hydrogen-bond donors (Lipinski definition) is 1. The number of benzene rings is 2. The molecule has 1 atom stereocenters. The van der Waals surface area contributed by atoms with Crippen LogP contribution in [-0.2, 0) is 0 Å². The van der Waals surface area contributed by atoms with Gasteiger partial charge in [-0.3, -0.25) is 4.79 Å². The van der Waals surface area contributed by atoms with Crippen molar-refractivity contribution in [1.29, 1.82) is 0 Å². The van der Waals surface area contributed by atoms with E-state index in [2.05, 4.69) is 48.6 Å². The summed E-state index contributed by atoms with van der Waals surface area (Å²) in [6.07, 6.45) is 4.27. The van der Waals surface area contributed by atoms with Crippen LogP contribution in [0.15, 0.2) is 48.5 Å². The van der Waals surface area contributed by atoms with E-state index < -0.39 is 17.5 Å². The third kappa shape index (κ3) is 4.96. The number of nitrogens with zero attached hydrogens (tertiary/aromatic N) is 1. The van der Waals surface area contributed by atoms with E-state index >= 15 is 0 Å². The number of amides is 1. The van der Waals surface area contributed by atoms with Crippen LogP contribution in [0.3, 0.4) is 0 Å². The average Bonchev–Trinajstić information content (AvgIpc) is 2.68. The lowest BCUT2D eigenvalue weighted by Crippen LogP contribution is -2.34. The lowest BCUT2D eigenvalue weighted by atomic mass is 9.76. The van der Waals surface area contributed by atoms with E-state index in [-0.39, 0.29) is 5.56 Å². The third-order valence-electron chi connectivity index (χ3n) is 5.76. The van der Waals surface area contributed by atoms with Crippen LogP contribution in [0.1, 0.15) is 47.6 Å². The second kappa shape index (κ2) is 9.28. The monoisotopic (exact) mass is 386 g/mol. The quantitative estimate of drug-likeness (QED) is 0.773. The zero-order valence-electron chi connectivity index (χ0n) is 16.5. The van der Waals surface area contributed by atoms with E-state index in [1.807, 2.05) is 6.07 Å². The molecule has 3 rings (SSSR count). The van der Waals surface area contributed by atoms with Gasteiger partial charge < -0.3 is 10.2 Å². The Morgan fingerprint density at radius 2 is 1.75 bits per heavy atom. The standard InChI is InChI=1S/C23H28F2N2O/c1-27(2)22(17-6-4-3-5-7-17)18-10-8-16(9-11-18)15-26-23(28)20-13-12-19(24)14-21(20)25/h3-7,12-14,16,18,22H,8-11,15H2,1-2H3,(H,26,28). The Labute approximate surface area is 165 Å². The normalized spacial score (nSPS) is 20.8. The molecule has 1 unspecified atom stereocenters. The zero-order chi connectivity index (χ0) is 20.1. The van der Waals surface area contributed by atoms with Gasteiger partial charge in [0.2, 0.25) is 0 Å². The minimum absolute atomic E-state index is 0.105. The maximum atomic E-state index is 13.7. The van der Waals surface area contributed by atoms with E-state index in [1.165, 1.54) is 11.6 Å². The molecule has 1 amide bonds. The number of hydrogen-bond acceptors (Lipinski definition) is 2. The van der Waals surface area contributed by atoms with Crippen LogP contribution in [0.25, 0.3) is 0 Å². The van der Waals surface area contributed by atoms with Gasteiger partial charge in [0.1, 0.15) is 11.6 Å². The molecule has 0 saturated heterocycles. The van der Waals surface area contributed by atoms with Gasteiger partial charge in [-0.15, -0.1) is 0 Å². The highest BCUT2D eigenvalue weighted by Gasteiger charge is 2.30. The van der Waals surface area contributed by atoms with Gasteiger partial charge in [0.25, 0.3) is 5.91 Å². The summed E-state index contributed by atoms with van der Waals surface area (Å²) in [6, 6.07) is 14.0. The van der Waals surface area contributed by atoms with Gasteiger partial charge in [-0.25, -0.2) is 8.78 Å². The van der Waals surface area contributed by atoms with Crippen LogP contribution in [0.5, 0.6) is 0 Å². The molecule has 2 aromatic carbocycles. The molecule has 5 heteroatoms. The van der Waals surface area contributed by atoms with Crippen molar-refractivity contribution >= 4 is 5.91 Å². The van der Waals surface area contributed by atoms with Gasteiger partial charge in [0.15, 0.2) is 0 Å². The number of rotatable bonds is 6. The smallest absolute Gasteiger partial charge is 0.254 e. The van der Waals surface area contributed by atoms with Gasteiger partial charge in [-0.05, 0) is 69.3 Å². The second-order valence-electron chi connectivity index (χ2n) is 7.93. The predicted octanol–water partition coefficient (Wildman–Crippen LogP) is 4.80. The van der Waals surface area contributed by atoms with Crippen molar-refractivity contribution in [1.82, 2.24) is 10.2 Å². The molecule has 0 heterocycles. The number of halogens is 2. The predicted molar refractivity (Wildman–Crippen MR) is 107 cm³/mol. The number of carbonyl (C=O) groups is 1. The highest BCUT2D eigenvalue weighted by atomic mass is 19.1. The van der Waals surface area contributed by atoms with E-state index in [4.69, 9.17) is 0 Å². The van der Waals surface area contributed by atoms with Crippen LogP contribution in [0.4, 0.5) is 8.78 Å². The minimum atomic E-state index is -0.821. The van der Waals surface area contributed by atoms with Crippen LogP contribution < -0.4 is 5.32 Å². The Balaban J connectivity index is 1.53. The first-order valence-electron chi connectivity index (χ1n) is 9.90. The van der Waals surface area contributed by atoms with Crippen LogP contribution >= 0.6 is 0 Å². The Morgan fingerprint density at radius 1 is 1.07 bits per heavy atom. The molecule has 3 nitrogen and oxygen atoms in total. The third-order valence-corrected chi connectivity index (χ3v) is 5.76. The average molecular weight is 386 g/mol. The molecule has 0 spiro atoms. The fourth-order valence-corrected chi connectivity index (χ4v) is 4.36. The molecule has 1 fully saturated rings. The molecule has 0 bridgehead atoms. The van der Waals surface area contributed by atoms with Gasteiger partial charge >= 0.3 is 0 Å². The van der Waals surface area contributed by atoms with E-state index in [0.29, 0.717) is 24.4 Å². The Bertz CT molecular complexity index is 786. The fraction of sp³-hybridized carbons (Fsp3) is 0.435. The van der Waals surface area contributed by atoms with Gasteiger partial charge in [0.05, 0.1) is 5.56 Å². The van der Waals surface area contributed by atoms with E-state index in [1.54, 1.807) is 0 Å². The first-order valence-corrected chi connectivity index (χ1v) is 9.90. The Hall–Kier alpha value is -2.27. The van der Waals surface area contributed by atoms with Crippen molar-refractivity contribution in [3.8, 4) is 0 Å².